The average Bonchev–Trinajstić information content (AvgIpc) is 3.50. The minimum absolute atomic E-state index is 0.00909. The minimum atomic E-state index is -0.391. The molecule has 0 spiro atoms. The van der Waals surface area contributed by atoms with Gasteiger partial charge in [0.2, 0.25) is 0 Å². The van der Waals surface area contributed by atoms with Gasteiger partial charge >= 0.3 is 0 Å². The first-order valence-corrected chi connectivity index (χ1v) is 18.2. The lowest BCUT2D eigenvalue weighted by Crippen LogP contribution is -2.33. The lowest BCUT2D eigenvalue weighted by molar-refractivity contribution is 0.0615. The number of carbonyl (C=O) groups excluding carboxylic acids is 4. The smallest absolute Gasteiger partial charge is 0.262 e. The number of nitrogens with zero attached hydrogens (tertiary/aromatic N) is 4. The van der Waals surface area contributed by atoms with Crippen molar-refractivity contribution in [1.29, 1.82) is 0 Å². The number of fused-ring (bicyclic) bond motifs is 2. The van der Waals surface area contributed by atoms with Crippen LogP contribution < -0.4 is 0 Å². The number of benzene rings is 4. The van der Waals surface area contributed by atoms with E-state index < -0.39 is 23.6 Å². The fraction of sp³-hybridized carbons (Fsp3) is 0.167. The molecule has 2 aliphatic heterocycles. The van der Waals surface area contributed by atoms with Gasteiger partial charge in [0.05, 0.1) is 46.7 Å². The van der Waals surface area contributed by atoms with Crippen molar-refractivity contribution in [1.82, 2.24) is 9.80 Å². The molecule has 2 heterocycles. The zero-order chi connectivity index (χ0) is 35.4. The second-order valence-electron chi connectivity index (χ2n) is 11.1. The monoisotopic (exact) mass is 746 g/mol. The summed E-state index contributed by atoms with van der Waals surface area (Å²) in [5, 5.41) is 1.38. The molecule has 0 N–H and O–H groups in total. The summed E-state index contributed by atoms with van der Waals surface area (Å²) >= 11 is 12.7. The number of imide groups is 2. The molecule has 0 radical (unpaired) electrons. The molecule has 4 aromatic rings. The van der Waals surface area contributed by atoms with Crippen LogP contribution in [0.25, 0.3) is 0 Å². The third kappa shape index (κ3) is 7.73. The van der Waals surface area contributed by atoms with Gasteiger partial charge in [-0.1, -0.05) is 59.6 Å². The van der Waals surface area contributed by atoms with Gasteiger partial charge in [-0.05, 0) is 73.5 Å². The highest BCUT2D eigenvalue weighted by molar-refractivity contribution is 8.87. The van der Waals surface area contributed by atoms with Gasteiger partial charge in [-0.2, -0.15) is 0 Å². The molecule has 0 aromatic heterocycles. The summed E-state index contributed by atoms with van der Waals surface area (Å²) in [6.07, 6.45) is 0. The van der Waals surface area contributed by atoms with E-state index in [-0.39, 0.29) is 36.8 Å². The predicted molar refractivity (Wildman–Crippen MR) is 197 cm³/mol. The highest BCUT2D eigenvalue weighted by Crippen LogP contribution is 2.33. The Labute approximate surface area is 305 Å². The van der Waals surface area contributed by atoms with Crippen molar-refractivity contribution >= 4 is 90.3 Å². The van der Waals surface area contributed by atoms with Crippen molar-refractivity contribution < 1.29 is 28.7 Å². The summed E-state index contributed by atoms with van der Waals surface area (Å²) in [5.74, 6) is -1.56. The van der Waals surface area contributed by atoms with Crippen LogP contribution in [-0.2, 0) is 9.47 Å². The van der Waals surface area contributed by atoms with E-state index in [1.54, 1.807) is 72.8 Å². The highest BCUT2D eigenvalue weighted by Gasteiger charge is 2.36. The highest BCUT2D eigenvalue weighted by atomic mass is 35.5. The molecular weight excluding hydrogens is 719 g/mol. The van der Waals surface area contributed by atoms with E-state index in [0.717, 1.165) is 42.5 Å². The van der Waals surface area contributed by atoms with Gasteiger partial charge in [-0.25, -0.2) is 9.98 Å². The Morgan fingerprint density at radius 3 is 1.24 bits per heavy atom. The third-order valence-electron chi connectivity index (χ3n) is 7.77. The van der Waals surface area contributed by atoms with Crippen LogP contribution in [0.15, 0.2) is 94.9 Å². The molecule has 0 aliphatic carbocycles. The van der Waals surface area contributed by atoms with Crippen molar-refractivity contribution in [2.45, 2.75) is 13.8 Å². The van der Waals surface area contributed by atoms with Crippen LogP contribution in [-0.4, -0.2) is 70.2 Å². The van der Waals surface area contributed by atoms with E-state index in [1.807, 2.05) is 26.0 Å². The average molecular weight is 748 g/mol. The van der Waals surface area contributed by atoms with E-state index in [0.29, 0.717) is 43.7 Å². The summed E-state index contributed by atoms with van der Waals surface area (Å²) in [4.78, 5) is 63.1. The number of carbonyl (C=O) groups is 4. The van der Waals surface area contributed by atoms with Crippen LogP contribution in [0.4, 0.5) is 11.4 Å². The molecule has 0 atom stereocenters. The van der Waals surface area contributed by atoms with Crippen LogP contribution in [0.3, 0.4) is 0 Å². The van der Waals surface area contributed by atoms with Gasteiger partial charge in [-0.3, -0.25) is 29.0 Å². The number of amides is 4. The normalized spacial score (nSPS) is 14.4. The van der Waals surface area contributed by atoms with Gasteiger partial charge in [0.25, 0.3) is 34.1 Å². The molecule has 14 heteroatoms. The Hall–Kier alpha value is -4.62. The molecule has 50 heavy (non-hydrogen) atoms. The van der Waals surface area contributed by atoms with Crippen molar-refractivity contribution in [3.05, 3.63) is 128 Å². The van der Waals surface area contributed by atoms with Gasteiger partial charge in [0, 0.05) is 31.6 Å². The Balaban J connectivity index is 1.18. The lowest BCUT2D eigenvalue weighted by Gasteiger charge is -2.16. The number of hydrogen-bond acceptors (Lipinski definition) is 10. The van der Waals surface area contributed by atoms with Crippen molar-refractivity contribution in [2.75, 3.05) is 26.3 Å². The van der Waals surface area contributed by atoms with Crippen LogP contribution in [0, 0.1) is 13.8 Å². The molecule has 0 unspecified atom stereocenters. The second kappa shape index (κ2) is 15.5. The molecule has 0 bridgehead atoms. The van der Waals surface area contributed by atoms with E-state index in [2.05, 4.69) is 9.98 Å². The first-order chi connectivity index (χ1) is 24.1. The summed E-state index contributed by atoms with van der Waals surface area (Å²) in [6.45, 7) is 3.64. The topological polar surface area (TPSA) is 118 Å². The molecule has 254 valence electrons. The quantitative estimate of drug-likeness (QED) is 0.0765. The maximum absolute atomic E-state index is 12.9. The standard InChI is InChI=1S/C36H28Cl2N4O6S2/c1-21-11-13-23(19-29(21)37)39-35(47-17-15-41-31(43)25-7-3-4-8-26(25)32(41)44)49-50-36(40-24-14-12-22(2)30(38)20-24)48-18-16-42-33(45)27-9-5-6-10-28(27)34(42)46/h3-14,19-20H,15-18H2,1-2H3. The predicted octanol–water partition coefficient (Wildman–Crippen LogP) is 8.29. The first-order valence-electron chi connectivity index (χ1n) is 15.3. The first kappa shape index (κ1) is 35.2. The SMILES string of the molecule is Cc1ccc(N=C(OCCN2C(=O)c3ccccc3C2=O)SSC(=Nc2ccc(C)c(Cl)c2)OCCN2C(=O)c3ccccc3C2=O)cc1Cl. The molecule has 10 nitrogen and oxygen atoms in total. The van der Waals surface area contributed by atoms with Gasteiger partial charge < -0.3 is 9.47 Å². The largest absolute Gasteiger partial charge is 0.470 e. The van der Waals surface area contributed by atoms with E-state index in [1.165, 1.54) is 0 Å². The summed E-state index contributed by atoms with van der Waals surface area (Å²) in [6, 6.07) is 23.9. The van der Waals surface area contributed by atoms with Gasteiger partial charge in [0.1, 0.15) is 13.2 Å². The van der Waals surface area contributed by atoms with Gasteiger partial charge in [0.15, 0.2) is 0 Å². The lowest BCUT2D eigenvalue weighted by atomic mass is 10.1. The molecule has 0 saturated carbocycles. The number of halogens is 2. The van der Waals surface area contributed by atoms with Crippen molar-refractivity contribution in [3.8, 4) is 0 Å². The van der Waals surface area contributed by atoms with Crippen LogP contribution in [0.5, 0.6) is 0 Å². The van der Waals surface area contributed by atoms with Crippen molar-refractivity contribution in [2.24, 2.45) is 9.98 Å². The van der Waals surface area contributed by atoms with E-state index in [4.69, 9.17) is 32.7 Å². The van der Waals surface area contributed by atoms with Crippen LogP contribution in [0.2, 0.25) is 10.0 Å². The van der Waals surface area contributed by atoms with E-state index in [9.17, 15) is 19.2 Å². The summed E-state index contributed by atoms with van der Waals surface area (Å²) in [7, 11) is 2.17. The fourth-order valence-corrected chi connectivity index (χ4v) is 7.05. The number of aryl methyl sites for hydroxylation is 2. The zero-order valence-corrected chi connectivity index (χ0v) is 29.9. The molecule has 6 rings (SSSR count). The zero-order valence-electron chi connectivity index (χ0n) is 26.7. The molecule has 0 fully saturated rings. The number of aliphatic imine (C=N–C) groups is 2. The fourth-order valence-electron chi connectivity index (χ4n) is 5.07. The van der Waals surface area contributed by atoms with Crippen LogP contribution >= 0.6 is 44.8 Å². The number of rotatable bonds is 8. The Morgan fingerprint density at radius 2 is 0.920 bits per heavy atom. The second-order valence-corrected chi connectivity index (χ2v) is 13.9. The van der Waals surface area contributed by atoms with Crippen molar-refractivity contribution in [3.63, 3.8) is 0 Å². The molecule has 0 saturated heterocycles. The van der Waals surface area contributed by atoms with Crippen LogP contribution in [0.1, 0.15) is 52.6 Å². The molecular formula is C36H28Cl2N4O6S2. The van der Waals surface area contributed by atoms with Gasteiger partial charge in [-0.15, -0.1) is 0 Å². The molecule has 2 aliphatic rings. The number of ether oxygens (including phenoxy) is 2. The molecule has 4 aromatic carbocycles. The Bertz CT molecular complexity index is 1870. The Kier molecular flexibility index (Phi) is 10.9. The number of hydrogen-bond donors (Lipinski definition) is 0. The van der Waals surface area contributed by atoms with E-state index >= 15 is 0 Å². The summed E-state index contributed by atoms with van der Waals surface area (Å²) in [5.41, 5.74) is 4.17. The Morgan fingerprint density at radius 1 is 0.580 bits per heavy atom. The maximum atomic E-state index is 12.9. The summed E-state index contributed by atoms with van der Waals surface area (Å²) < 4.78 is 12.1. The third-order valence-corrected chi connectivity index (χ3v) is 10.5. The minimum Gasteiger partial charge on any atom is -0.470 e. The molecule has 4 amide bonds. The maximum Gasteiger partial charge on any atom is 0.262 e.